The average molecular weight is 334 g/mol. The van der Waals surface area contributed by atoms with Crippen LogP contribution < -0.4 is 5.32 Å². The average Bonchev–Trinajstić information content (AvgIpc) is 3.20. The molecule has 1 aliphatic rings. The first kappa shape index (κ1) is 14.5. The molecule has 25 heavy (non-hydrogen) atoms. The summed E-state index contributed by atoms with van der Waals surface area (Å²) in [5.74, 6) is 1.98. The zero-order valence-electron chi connectivity index (χ0n) is 13.6. The second-order valence-corrected chi connectivity index (χ2v) is 6.64. The number of anilines is 1. The van der Waals surface area contributed by atoms with Crippen LogP contribution in [0, 0.1) is 5.92 Å². The second-order valence-electron chi connectivity index (χ2n) is 6.64. The fourth-order valence-corrected chi connectivity index (χ4v) is 3.44. The van der Waals surface area contributed by atoms with Gasteiger partial charge >= 0.3 is 0 Å². The van der Waals surface area contributed by atoms with E-state index in [1.807, 2.05) is 47.0 Å². The lowest BCUT2D eigenvalue weighted by Crippen LogP contribution is -2.37. The van der Waals surface area contributed by atoms with Crippen molar-refractivity contribution in [2.45, 2.75) is 18.9 Å². The molecule has 2 N–H and O–H groups in total. The molecular formula is C19H18N4O2. The summed E-state index contributed by atoms with van der Waals surface area (Å²) in [7, 11) is 0. The van der Waals surface area contributed by atoms with E-state index >= 15 is 0 Å². The van der Waals surface area contributed by atoms with Crippen molar-refractivity contribution in [1.82, 2.24) is 14.6 Å². The molecule has 0 saturated heterocycles. The lowest BCUT2D eigenvalue weighted by atomic mass is 9.81. The number of nitrogens with one attached hydrogen (secondary N) is 1. The standard InChI is InChI=1S/C19H18N4O2/c24-11-12-7-14(8-12)21-18-5-6-19-20-10-15(23(19)22-18)17-9-13-3-1-2-4-16(13)25-17/h1-6,9-10,12,14,24H,7-8,11H2,(H,21,22). The second kappa shape index (κ2) is 5.60. The Labute approximate surface area is 144 Å². The van der Waals surface area contributed by atoms with Crippen LogP contribution in [0.1, 0.15) is 12.8 Å². The van der Waals surface area contributed by atoms with E-state index in [-0.39, 0.29) is 6.61 Å². The number of rotatable bonds is 4. The van der Waals surface area contributed by atoms with E-state index in [4.69, 9.17) is 9.52 Å². The highest BCUT2D eigenvalue weighted by molar-refractivity contribution is 5.82. The van der Waals surface area contributed by atoms with Gasteiger partial charge in [0, 0.05) is 18.0 Å². The molecule has 0 radical (unpaired) electrons. The normalized spacial score (nSPS) is 20.0. The molecule has 1 aliphatic carbocycles. The Morgan fingerprint density at radius 3 is 2.92 bits per heavy atom. The molecule has 0 unspecified atom stereocenters. The summed E-state index contributed by atoms with van der Waals surface area (Å²) in [6, 6.07) is 14.2. The third-order valence-electron chi connectivity index (χ3n) is 4.89. The third kappa shape index (κ3) is 2.46. The van der Waals surface area contributed by atoms with Gasteiger partial charge in [-0.15, -0.1) is 5.10 Å². The Bertz CT molecular complexity index is 1010. The molecule has 126 valence electrons. The molecule has 0 amide bonds. The van der Waals surface area contributed by atoms with Gasteiger partial charge in [-0.25, -0.2) is 9.50 Å². The zero-order valence-corrected chi connectivity index (χ0v) is 13.6. The molecule has 5 rings (SSSR count). The molecule has 6 heteroatoms. The van der Waals surface area contributed by atoms with Gasteiger partial charge in [-0.05, 0) is 43.0 Å². The summed E-state index contributed by atoms with van der Waals surface area (Å²) in [6.45, 7) is 0.266. The molecular weight excluding hydrogens is 316 g/mol. The van der Waals surface area contributed by atoms with E-state index in [1.54, 1.807) is 6.20 Å². The number of aliphatic hydroxyl groups excluding tert-OH is 1. The minimum Gasteiger partial charge on any atom is -0.454 e. The maximum atomic E-state index is 9.14. The molecule has 0 aliphatic heterocycles. The van der Waals surface area contributed by atoms with Gasteiger partial charge in [-0.1, -0.05) is 18.2 Å². The van der Waals surface area contributed by atoms with Crippen LogP contribution in [-0.2, 0) is 0 Å². The predicted molar refractivity (Wildman–Crippen MR) is 95.4 cm³/mol. The van der Waals surface area contributed by atoms with Crippen LogP contribution in [0.15, 0.2) is 53.1 Å². The predicted octanol–water partition coefficient (Wildman–Crippen LogP) is 3.33. The number of hydrogen-bond acceptors (Lipinski definition) is 5. The van der Waals surface area contributed by atoms with E-state index in [2.05, 4.69) is 15.4 Å². The first-order valence-corrected chi connectivity index (χ1v) is 8.51. The number of furan rings is 1. The minimum absolute atomic E-state index is 0.266. The zero-order chi connectivity index (χ0) is 16.8. The topological polar surface area (TPSA) is 75.6 Å². The number of aromatic nitrogens is 3. The number of nitrogens with zero attached hydrogens (tertiary/aromatic N) is 3. The van der Waals surface area contributed by atoms with Crippen molar-refractivity contribution in [2.75, 3.05) is 11.9 Å². The fraction of sp³-hybridized carbons (Fsp3) is 0.263. The summed E-state index contributed by atoms with van der Waals surface area (Å²) < 4.78 is 7.76. The highest BCUT2D eigenvalue weighted by atomic mass is 16.3. The van der Waals surface area contributed by atoms with E-state index in [9.17, 15) is 0 Å². The summed E-state index contributed by atoms with van der Waals surface area (Å²) in [5, 5.41) is 18.3. The smallest absolute Gasteiger partial charge is 0.155 e. The molecule has 1 fully saturated rings. The molecule has 4 aromatic rings. The van der Waals surface area contributed by atoms with Gasteiger partial charge in [0.1, 0.15) is 17.1 Å². The van der Waals surface area contributed by atoms with Gasteiger partial charge in [-0.2, -0.15) is 0 Å². The molecule has 0 spiro atoms. The van der Waals surface area contributed by atoms with Crippen molar-refractivity contribution < 1.29 is 9.52 Å². The number of benzene rings is 1. The van der Waals surface area contributed by atoms with Gasteiger partial charge in [0.05, 0.1) is 6.20 Å². The Hall–Kier alpha value is -2.86. The maximum Gasteiger partial charge on any atom is 0.155 e. The molecule has 0 atom stereocenters. The lowest BCUT2D eigenvalue weighted by molar-refractivity contribution is 0.151. The summed E-state index contributed by atoms with van der Waals surface area (Å²) >= 11 is 0. The first-order valence-electron chi connectivity index (χ1n) is 8.51. The van der Waals surface area contributed by atoms with Crippen LogP contribution in [-0.4, -0.2) is 32.4 Å². The molecule has 3 heterocycles. The Balaban J connectivity index is 1.49. The van der Waals surface area contributed by atoms with Crippen molar-refractivity contribution in [3.63, 3.8) is 0 Å². The number of imidazole rings is 1. The highest BCUT2D eigenvalue weighted by Gasteiger charge is 2.28. The van der Waals surface area contributed by atoms with Crippen LogP contribution in [0.2, 0.25) is 0 Å². The van der Waals surface area contributed by atoms with Crippen molar-refractivity contribution in [3.05, 3.63) is 48.7 Å². The van der Waals surface area contributed by atoms with Gasteiger partial charge in [-0.3, -0.25) is 0 Å². The quantitative estimate of drug-likeness (QED) is 0.599. The van der Waals surface area contributed by atoms with E-state index in [0.29, 0.717) is 12.0 Å². The fourth-order valence-electron chi connectivity index (χ4n) is 3.44. The van der Waals surface area contributed by atoms with Gasteiger partial charge < -0.3 is 14.8 Å². The van der Waals surface area contributed by atoms with Crippen LogP contribution in [0.3, 0.4) is 0 Å². The summed E-state index contributed by atoms with van der Waals surface area (Å²) in [5.41, 5.74) is 2.46. The number of aliphatic hydroxyl groups is 1. The Kier molecular flexibility index (Phi) is 3.24. The van der Waals surface area contributed by atoms with Crippen LogP contribution in [0.5, 0.6) is 0 Å². The van der Waals surface area contributed by atoms with Gasteiger partial charge in [0.25, 0.3) is 0 Å². The molecule has 1 saturated carbocycles. The third-order valence-corrected chi connectivity index (χ3v) is 4.89. The van der Waals surface area contributed by atoms with E-state index in [0.717, 1.165) is 46.7 Å². The van der Waals surface area contributed by atoms with E-state index < -0.39 is 0 Å². The Morgan fingerprint density at radius 2 is 2.08 bits per heavy atom. The molecule has 0 bridgehead atoms. The van der Waals surface area contributed by atoms with Gasteiger partial charge in [0.15, 0.2) is 11.4 Å². The number of hydrogen-bond donors (Lipinski definition) is 2. The van der Waals surface area contributed by atoms with Crippen LogP contribution >= 0.6 is 0 Å². The highest BCUT2D eigenvalue weighted by Crippen LogP contribution is 2.30. The lowest BCUT2D eigenvalue weighted by Gasteiger charge is -2.34. The van der Waals surface area contributed by atoms with Crippen molar-refractivity contribution >= 4 is 22.4 Å². The maximum absolute atomic E-state index is 9.14. The van der Waals surface area contributed by atoms with Crippen molar-refractivity contribution in [3.8, 4) is 11.5 Å². The SMILES string of the molecule is OCC1CC(Nc2ccc3ncc(-c4cc5ccccc5o4)n3n2)C1. The monoisotopic (exact) mass is 334 g/mol. The molecule has 3 aromatic heterocycles. The first-order chi connectivity index (χ1) is 12.3. The summed E-state index contributed by atoms with van der Waals surface area (Å²) in [6.07, 6.45) is 3.75. The Morgan fingerprint density at radius 1 is 1.20 bits per heavy atom. The minimum atomic E-state index is 0.266. The van der Waals surface area contributed by atoms with Crippen molar-refractivity contribution in [2.24, 2.45) is 5.92 Å². The largest absolute Gasteiger partial charge is 0.454 e. The van der Waals surface area contributed by atoms with E-state index in [1.165, 1.54) is 0 Å². The van der Waals surface area contributed by atoms with Crippen LogP contribution in [0.4, 0.5) is 5.82 Å². The number of para-hydroxylation sites is 1. The number of fused-ring (bicyclic) bond motifs is 2. The summed E-state index contributed by atoms with van der Waals surface area (Å²) in [4.78, 5) is 4.42. The molecule has 6 nitrogen and oxygen atoms in total. The van der Waals surface area contributed by atoms with Crippen molar-refractivity contribution in [1.29, 1.82) is 0 Å². The molecule has 1 aromatic carbocycles. The van der Waals surface area contributed by atoms with Crippen LogP contribution in [0.25, 0.3) is 28.1 Å². The van der Waals surface area contributed by atoms with Gasteiger partial charge in [0.2, 0.25) is 0 Å².